The Morgan fingerprint density at radius 3 is 2.47 bits per heavy atom. The highest BCUT2D eigenvalue weighted by Crippen LogP contribution is 2.25. The first-order valence-corrected chi connectivity index (χ1v) is 7.15. The van der Waals surface area contributed by atoms with E-state index in [2.05, 4.69) is 0 Å². The number of aliphatic hydroxyl groups excluding tert-OH is 1. The van der Waals surface area contributed by atoms with Crippen LogP contribution < -0.4 is 0 Å². The van der Waals surface area contributed by atoms with Crippen LogP contribution in [0.3, 0.4) is 0 Å². The summed E-state index contributed by atoms with van der Waals surface area (Å²) < 4.78 is 25.3. The van der Waals surface area contributed by atoms with Crippen molar-refractivity contribution in [3.8, 4) is 0 Å². The summed E-state index contributed by atoms with van der Waals surface area (Å²) in [6.45, 7) is 1.38. The lowest BCUT2D eigenvalue weighted by atomic mass is 10.2. The molecular weight excluding hydrogens is 294 g/mol. The van der Waals surface area contributed by atoms with Crippen LogP contribution in [0.2, 0.25) is 5.02 Å². The number of hydrogen-bond acceptors (Lipinski definition) is 4. The molecule has 0 aromatic heterocycles. The van der Waals surface area contributed by atoms with Crippen molar-refractivity contribution in [2.75, 3.05) is 13.6 Å². The summed E-state index contributed by atoms with van der Waals surface area (Å²) in [6, 6.07) is 3.38. The largest absolute Gasteiger partial charge is 0.478 e. The second kappa shape index (κ2) is 5.87. The highest BCUT2D eigenvalue weighted by atomic mass is 35.5. The van der Waals surface area contributed by atoms with Gasteiger partial charge in [0.05, 0.1) is 16.7 Å². The summed E-state index contributed by atoms with van der Waals surface area (Å²) in [5.74, 6) is -1.19. The van der Waals surface area contributed by atoms with Gasteiger partial charge in [-0.15, -0.1) is 0 Å². The number of carbonyl (C=O) groups is 1. The molecule has 0 saturated carbocycles. The molecule has 0 aliphatic heterocycles. The molecule has 1 atom stereocenters. The minimum atomic E-state index is -3.86. The Kier molecular flexibility index (Phi) is 4.92. The Morgan fingerprint density at radius 1 is 1.47 bits per heavy atom. The van der Waals surface area contributed by atoms with Crippen LogP contribution in [0, 0.1) is 0 Å². The lowest BCUT2D eigenvalue weighted by molar-refractivity contribution is 0.0696. The van der Waals surface area contributed by atoms with Gasteiger partial charge < -0.3 is 10.2 Å². The molecule has 0 radical (unpaired) electrons. The van der Waals surface area contributed by atoms with E-state index in [-0.39, 0.29) is 22.0 Å². The molecule has 0 spiro atoms. The third kappa shape index (κ3) is 3.66. The van der Waals surface area contributed by atoms with E-state index < -0.39 is 22.1 Å². The average Bonchev–Trinajstić information content (AvgIpc) is 2.27. The predicted molar refractivity (Wildman–Crippen MR) is 69.9 cm³/mol. The van der Waals surface area contributed by atoms with Crippen LogP contribution in [0.25, 0.3) is 0 Å². The van der Waals surface area contributed by atoms with E-state index in [4.69, 9.17) is 16.7 Å². The predicted octanol–water partition coefficient (Wildman–Crippen LogP) is 1.04. The maximum atomic E-state index is 12.2. The topological polar surface area (TPSA) is 94.9 Å². The normalized spacial score (nSPS) is 13.5. The van der Waals surface area contributed by atoms with E-state index in [1.54, 1.807) is 0 Å². The van der Waals surface area contributed by atoms with Crippen LogP contribution in [0.15, 0.2) is 23.1 Å². The number of rotatable bonds is 5. The Labute approximate surface area is 116 Å². The Hall–Kier alpha value is -1.15. The molecule has 106 valence electrons. The molecule has 0 unspecified atom stereocenters. The number of halogens is 1. The van der Waals surface area contributed by atoms with E-state index in [0.29, 0.717) is 0 Å². The molecule has 0 aliphatic carbocycles. The number of carboxylic acid groups (broad SMARTS) is 1. The fourth-order valence-corrected chi connectivity index (χ4v) is 3.25. The first-order chi connectivity index (χ1) is 8.66. The van der Waals surface area contributed by atoms with Crippen molar-refractivity contribution in [1.29, 1.82) is 0 Å². The first kappa shape index (κ1) is 15.9. The molecule has 0 saturated heterocycles. The van der Waals surface area contributed by atoms with Gasteiger partial charge in [0.25, 0.3) is 0 Å². The van der Waals surface area contributed by atoms with Crippen molar-refractivity contribution in [3.05, 3.63) is 28.8 Å². The molecule has 1 rings (SSSR count). The zero-order valence-electron chi connectivity index (χ0n) is 10.4. The minimum absolute atomic E-state index is 0.0840. The zero-order chi connectivity index (χ0) is 14.8. The van der Waals surface area contributed by atoms with Crippen molar-refractivity contribution in [2.24, 2.45) is 0 Å². The van der Waals surface area contributed by atoms with Gasteiger partial charge >= 0.3 is 5.97 Å². The molecule has 6 nitrogen and oxygen atoms in total. The number of carboxylic acids is 1. The number of benzene rings is 1. The average molecular weight is 308 g/mol. The Morgan fingerprint density at radius 2 is 2.05 bits per heavy atom. The molecule has 19 heavy (non-hydrogen) atoms. The second-order valence-corrected chi connectivity index (χ2v) is 6.51. The number of sulfonamides is 1. The number of hydrogen-bond donors (Lipinski definition) is 2. The molecule has 0 fully saturated rings. The molecular formula is C11H14ClNO5S. The maximum absolute atomic E-state index is 12.2. The van der Waals surface area contributed by atoms with E-state index in [9.17, 15) is 18.3 Å². The van der Waals surface area contributed by atoms with Gasteiger partial charge in [-0.25, -0.2) is 13.2 Å². The van der Waals surface area contributed by atoms with E-state index in [1.807, 2.05) is 0 Å². The molecule has 0 heterocycles. The van der Waals surface area contributed by atoms with Gasteiger partial charge in [-0.1, -0.05) is 11.6 Å². The highest BCUT2D eigenvalue weighted by Gasteiger charge is 2.25. The number of aromatic carboxylic acids is 1. The van der Waals surface area contributed by atoms with E-state index in [1.165, 1.54) is 14.0 Å². The van der Waals surface area contributed by atoms with Gasteiger partial charge in [0, 0.05) is 13.6 Å². The summed E-state index contributed by atoms with van der Waals surface area (Å²) in [6.07, 6.45) is -0.822. The van der Waals surface area contributed by atoms with E-state index in [0.717, 1.165) is 22.5 Å². The SMILES string of the molecule is C[C@@H](O)CN(C)S(=O)(=O)c1ccc(C(=O)O)cc1Cl. The summed E-state index contributed by atoms with van der Waals surface area (Å²) >= 11 is 5.81. The second-order valence-electron chi connectivity index (χ2n) is 4.08. The van der Waals surface area contributed by atoms with Gasteiger partial charge in [-0.3, -0.25) is 0 Å². The quantitative estimate of drug-likeness (QED) is 0.847. The molecule has 0 amide bonds. The van der Waals surface area contributed by atoms with Crippen molar-refractivity contribution >= 4 is 27.6 Å². The fraction of sp³-hybridized carbons (Fsp3) is 0.364. The van der Waals surface area contributed by atoms with Crippen molar-refractivity contribution in [1.82, 2.24) is 4.31 Å². The molecule has 2 N–H and O–H groups in total. The van der Waals surface area contributed by atoms with Gasteiger partial charge in [0.1, 0.15) is 4.90 Å². The van der Waals surface area contributed by atoms with Crippen LogP contribution in [0.5, 0.6) is 0 Å². The van der Waals surface area contributed by atoms with Gasteiger partial charge in [-0.2, -0.15) is 4.31 Å². The lowest BCUT2D eigenvalue weighted by Gasteiger charge is -2.19. The van der Waals surface area contributed by atoms with Gasteiger partial charge in [-0.05, 0) is 25.1 Å². The smallest absolute Gasteiger partial charge is 0.335 e. The molecule has 0 bridgehead atoms. The summed E-state index contributed by atoms with van der Waals surface area (Å²) in [5.41, 5.74) is -0.0953. The number of likely N-dealkylation sites (N-methyl/N-ethyl adjacent to an activating group) is 1. The number of aliphatic hydroxyl groups is 1. The van der Waals surface area contributed by atoms with Crippen LogP contribution in [-0.2, 0) is 10.0 Å². The third-order valence-electron chi connectivity index (χ3n) is 2.39. The lowest BCUT2D eigenvalue weighted by Crippen LogP contribution is -2.33. The number of nitrogens with zero attached hydrogens (tertiary/aromatic N) is 1. The van der Waals surface area contributed by atoms with Crippen molar-refractivity contribution in [3.63, 3.8) is 0 Å². The molecule has 1 aromatic rings. The summed E-state index contributed by atoms with van der Waals surface area (Å²) in [7, 11) is -2.55. The fourth-order valence-electron chi connectivity index (χ4n) is 1.48. The molecule has 1 aromatic carbocycles. The molecule has 0 aliphatic rings. The van der Waals surface area contributed by atoms with Crippen LogP contribution in [0.1, 0.15) is 17.3 Å². The van der Waals surface area contributed by atoms with Gasteiger partial charge in [0.2, 0.25) is 10.0 Å². The maximum Gasteiger partial charge on any atom is 0.335 e. The van der Waals surface area contributed by atoms with Crippen LogP contribution in [-0.4, -0.2) is 48.6 Å². The summed E-state index contributed by atoms with van der Waals surface area (Å²) in [5, 5.41) is 17.8. The highest BCUT2D eigenvalue weighted by molar-refractivity contribution is 7.89. The standard InChI is InChI=1S/C11H14ClNO5S/c1-7(14)6-13(2)19(17,18)10-4-3-8(11(15)16)5-9(10)12/h3-5,7,14H,6H2,1-2H3,(H,15,16)/t7-/m1/s1. The minimum Gasteiger partial charge on any atom is -0.478 e. The van der Waals surface area contributed by atoms with Crippen molar-refractivity contribution in [2.45, 2.75) is 17.9 Å². The van der Waals surface area contributed by atoms with Crippen LogP contribution in [0.4, 0.5) is 0 Å². The Bertz CT molecular complexity index is 585. The first-order valence-electron chi connectivity index (χ1n) is 5.33. The monoisotopic (exact) mass is 307 g/mol. The summed E-state index contributed by atoms with van der Waals surface area (Å²) in [4.78, 5) is 10.5. The Balaban J connectivity index is 3.19. The van der Waals surface area contributed by atoms with Gasteiger partial charge in [0.15, 0.2) is 0 Å². The van der Waals surface area contributed by atoms with Crippen molar-refractivity contribution < 1.29 is 23.4 Å². The third-order valence-corrected chi connectivity index (χ3v) is 4.69. The van der Waals surface area contributed by atoms with E-state index >= 15 is 0 Å². The zero-order valence-corrected chi connectivity index (χ0v) is 11.9. The van der Waals surface area contributed by atoms with Crippen LogP contribution >= 0.6 is 11.6 Å². The molecule has 8 heteroatoms.